The number of ether oxygens (including phenoxy) is 1. The van der Waals surface area contributed by atoms with Crippen LogP contribution in [-0.4, -0.2) is 35.8 Å². The van der Waals surface area contributed by atoms with Gasteiger partial charge in [-0.3, -0.25) is 14.9 Å². The average molecular weight is 420 g/mol. The summed E-state index contributed by atoms with van der Waals surface area (Å²) in [6.07, 6.45) is 0. The van der Waals surface area contributed by atoms with Crippen LogP contribution in [0.4, 0.5) is 5.69 Å². The van der Waals surface area contributed by atoms with Crippen molar-refractivity contribution >= 4 is 21.7 Å². The lowest BCUT2D eigenvalue weighted by Crippen LogP contribution is -2.53. The summed E-state index contributed by atoms with van der Waals surface area (Å²) in [5.74, 6) is -0.681. The molecule has 0 amide bonds. The molecule has 2 aromatic carbocycles. The Labute approximate surface area is 170 Å². The first kappa shape index (κ1) is 22.5. The van der Waals surface area contributed by atoms with Crippen LogP contribution < -0.4 is 0 Å². The maximum Gasteiger partial charge on any atom is 0.327 e. The zero-order valence-electron chi connectivity index (χ0n) is 16.8. The van der Waals surface area contributed by atoms with E-state index in [2.05, 4.69) is 0 Å². The molecule has 0 spiro atoms. The van der Waals surface area contributed by atoms with Crippen molar-refractivity contribution in [1.29, 1.82) is 0 Å². The van der Waals surface area contributed by atoms with Crippen LogP contribution in [0.3, 0.4) is 0 Å². The largest absolute Gasteiger partial charge is 0.465 e. The average Bonchev–Trinajstić information content (AvgIpc) is 2.67. The fourth-order valence-electron chi connectivity index (χ4n) is 2.80. The van der Waals surface area contributed by atoms with Gasteiger partial charge in [0.1, 0.15) is 5.54 Å². The van der Waals surface area contributed by atoms with E-state index in [-0.39, 0.29) is 23.7 Å². The number of non-ortho nitro benzene ring substituents is 1. The molecule has 0 aliphatic heterocycles. The maximum absolute atomic E-state index is 13.4. The van der Waals surface area contributed by atoms with E-state index < -0.39 is 26.5 Å². The molecule has 0 saturated heterocycles. The van der Waals surface area contributed by atoms with E-state index in [9.17, 15) is 23.3 Å². The summed E-state index contributed by atoms with van der Waals surface area (Å²) < 4.78 is 33.0. The second-order valence-corrected chi connectivity index (χ2v) is 8.83. The van der Waals surface area contributed by atoms with Crippen molar-refractivity contribution < 1.29 is 22.9 Å². The monoisotopic (exact) mass is 420 g/mol. The molecule has 0 saturated carbocycles. The lowest BCUT2D eigenvalue weighted by molar-refractivity contribution is -0.384. The quantitative estimate of drug-likeness (QED) is 0.368. The SMILES string of the molecule is CCOC(=O)C(C)(C)N(Cc1ccccc1C)S(=O)(=O)c1ccc([N+](=O)[O-])cc1. The number of rotatable bonds is 8. The van der Waals surface area contributed by atoms with Crippen molar-refractivity contribution in [3.8, 4) is 0 Å². The van der Waals surface area contributed by atoms with E-state index in [1.807, 2.05) is 19.1 Å². The summed E-state index contributed by atoms with van der Waals surface area (Å²) >= 11 is 0. The zero-order chi connectivity index (χ0) is 21.8. The fourth-order valence-corrected chi connectivity index (χ4v) is 4.52. The second kappa shape index (κ2) is 8.71. The van der Waals surface area contributed by atoms with Gasteiger partial charge in [0.25, 0.3) is 5.69 Å². The first-order chi connectivity index (χ1) is 13.5. The Hall–Kier alpha value is -2.78. The number of carbonyl (C=O) groups excluding carboxylic acids is 1. The number of nitro groups is 1. The third kappa shape index (κ3) is 4.80. The predicted molar refractivity (Wildman–Crippen MR) is 108 cm³/mol. The van der Waals surface area contributed by atoms with Crippen LogP contribution in [0.25, 0.3) is 0 Å². The van der Waals surface area contributed by atoms with Crippen LogP contribution in [0.15, 0.2) is 53.4 Å². The van der Waals surface area contributed by atoms with Gasteiger partial charge in [-0.05, 0) is 51.0 Å². The zero-order valence-corrected chi connectivity index (χ0v) is 17.6. The van der Waals surface area contributed by atoms with Crippen LogP contribution in [0.1, 0.15) is 31.9 Å². The Bertz CT molecular complexity index is 1000. The minimum atomic E-state index is -4.17. The van der Waals surface area contributed by atoms with Crippen LogP contribution in [0.5, 0.6) is 0 Å². The lowest BCUT2D eigenvalue weighted by atomic mass is 10.0. The number of aryl methyl sites for hydroxylation is 1. The van der Waals surface area contributed by atoms with Crippen LogP contribution in [-0.2, 0) is 26.1 Å². The summed E-state index contributed by atoms with van der Waals surface area (Å²) in [6, 6.07) is 11.8. The molecule has 0 atom stereocenters. The van der Waals surface area contributed by atoms with Crippen LogP contribution >= 0.6 is 0 Å². The fraction of sp³-hybridized carbons (Fsp3) is 0.350. The number of esters is 1. The molecular weight excluding hydrogens is 396 g/mol. The van der Waals surface area contributed by atoms with Gasteiger partial charge in [0.15, 0.2) is 0 Å². The number of nitrogens with zero attached hydrogens (tertiary/aromatic N) is 2. The predicted octanol–water partition coefficient (Wildman–Crippen LogP) is 3.44. The van der Waals surface area contributed by atoms with Crippen molar-refractivity contribution in [3.63, 3.8) is 0 Å². The summed E-state index contributed by atoms with van der Waals surface area (Å²) in [6.45, 7) is 6.50. The Balaban J connectivity index is 2.57. The summed E-state index contributed by atoms with van der Waals surface area (Å²) in [5.41, 5.74) is -0.121. The van der Waals surface area contributed by atoms with E-state index in [0.717, 1.165) is 27.6 Å². The van der Waals surface area contributed by atoms with Gasteiger partial charge in [0, 0.05) is 18.7 Å². The van der Waals surface area contributed by atoms with Gasteiger partial charge in [-0.25, -0.2) is 8.42 Å². The van der Waals surface area contributed by atoms with E-state index in [0.29, 0.717) is 0 Å². The van der Waals surface area contributed by atoms with Gasteiger partial charge < -0.3 is 4.74 Å². The second-order valence-electron chi connectivity index (χ2n) is 6.97. The molecule has 2 rings (SSSR count). The van der Waals surface area contributed by atoms with Gasteiger partial charge in [0.2, 0.25) is 10.0 Å². The molecule has 9 heteroatoms. The van der Waals surface area contributed by atoms with Gasteiger partial charge in [-0.1, -0.05) is 24.3 Å². The molecule has 0 radical (unpaired) electrons. The number of sulfonamides is 1. The smallest absolute Gasteiger partial charge is 0.327 e. The molecular formula is C20H24N2O6S. The third-order valence-electron chi connectivity index (χ3n) is 4.61. The standard InChI is InChI=1S/C20H24N2O6S/c1-5-28-19(23)20(3,4)21(14-16-9-7-6-8-15(16)2)29(26,27)18-12-10-17(11-13-18)22(24)25/h6-13H,5,14H2,1-4H3. The van der Waals surface area contributed by atoms with Gasteiger partial charge in [0.05, 0.1) is 16.4 Å². The minimum absolute atomic E-state index is 0.0577. The Morgan fingerprint density at radius 3 is 2.24 bits per heavy atom. The normalized spacial score (nSPS) is 12.0. The Morgan fingerprint density at radius 2 is 1.72 bits per heavy atom. The molecule has 0 aromatic heterocycles. The molecule has 0 aliphatic carbocycles. The third-order valence-corrected chi connectivity index (χ3v) is 6.64. The number of hydrogen-bond acceptors (Lipinski definition) is 6. The molecule has 0 aliphatic rings. The van der Waals surface area contributed by atoms with Crippen molar-refractivity contribution in [2.24, 2.45) is 0 Å². The topological polar surface area (TPSA) is 107 Å². The molecule has 0 heterocycles. The molecule has 29 heavy (non-hydrogen) atoms. The highest BCUT2D eigenvalue weighted by molar-refractivity contribution is 7.89. The number of benzene rings is 2. The van der Waals surface area contributed by atoms with Gasteiger partial charge in [-0.2, -0.15) is 4.31 Å². The highest BCUT2D eigenvalue weighted by Crippen LogP contribution is 2.30. The van der Waals surface area contributed by atoms with E-state index in [4.69, 9.17) is 4.74 Å². The molecule has 0 unspecified atom stereocenters. The highest BCUT2D eigenvalue weighted by atomic mass is 32.2. The summed E-state index contributed by atoms with van der Waals surface area (Å²) in [4.78, 5) is 22.7. The summed E-state index contributed by atoms with van der Waals surface area (Å²) in [7, 11) is -4.17. The van der Waals surface area contributed by atoms with Crippen molar-refractivity contribution in [1.82, 2.24) is 4.31 Å². The number of hydrogen-bond donors (Lipinski definition) is 0. The summed E-state index contributed by atoms with van der Waals surface area (Å²) in [5, 5.41) is 10.9. The number of carbonyl (C=O) groups is 1. The molecule has 0 bridgehead atoms. The van der Waals surface area contributed by atoms with Gasteiger partial charge >= 0.3 is 5.97 Å². The maximum atomic E-state index is 13.4. The Morgan fingerprint density at radius 1 is 1.14 bits per heavy atom. The molecule has 8 nitrogen and oxygen atoms in total. The van der Waals surface area contributed by atoms with E-state index >= 15 is 0 Å². The van der Waals surface area contributed by atoms with Gasteiger partial charge in [-0.15, -0.1) is 0 Å². The molecule has 2 aromatic rings. The van der Waals surface area contributed by atoms with Crippen molar-refractivity contribution in [3.05, 3.63) is 69.8 Å². The Kier molecular flexibility index (Phi) is 6.76. The van der Waals surface area contributed by atoms with Crippen LogP contribution in [0, 0.1) is 17.0 Å². The van der Waals surface area contributed by atoms with Crippen LogP contribution in [0.2, 0.25) is 0 Å². The number of nitro benzene ring substituents is 1. The van der Waals surface area contributed by atoms with Crippen molar-refractivity contribution in [2.75, 3.05) is 6.61 Å². The highest BCUT2D eigenvalue weighted by Gasteiger charge is 2.44. The molecule has 0 fully saturated rings. The van der Waals surface area contributed by atoms with Crippen molar-refractivity contribution in [2.45, 2.75) is 44.7 Å². The first-order valence-corrected chi connectivity index (χ1v) is 10.4. The molecule has 0 N–H and O–H groups in total. The first-order valence-electron chi connectivity index (χ1n) is 9.00. The molecule has 156 valence electrons. The van der Waals surface area contributed by atoms with E-state index in [1.54, 1.807) is 19.1 Å². The lowest BCUT2D eigenvalue weighted by Gasteiger charge is -2.35. The van der Waals surface area contributed by atoms with E-state index in [1.165, 1.54) is 26.0 Å². The minimum Gasteiger partial charge on any atom is -0.465 e.